The summed E-state index contributed by atoms with van der Waals surface area (Å²) in [6, 6.07) is 5.11. The second-order valence-electron chi connectivity index (χ2n) is 5.66. The molecule has 1 saturated heterocycles. The molecule has 0 amide bonds. The molecule has 1 fully saturated rings. The molecule has 1 aliphatic heterocycles. The van der Waals surface area contributed by atoms with Crippen molar-refractivity contribution in [2.24, 2.45) is 0 Å². The zero-order valence-corrected chi connectivity index (χ0v) is 13.5. The summed E-state index contributed by atoms with van der Waals surface area (Å²) in [5.74, 6) is 0. The van der Waals surface area contributed by atoms with Gasteiger partial charge in [-0.1, -0.05) is 6.42 Å². The average molecular weight is 321 g/mol. The minimum atomic E-state index is -3.45. The molecule has 8 heteroatoms. The van der Waals surface area contributed by atoms with Crippen molar-refractivity contribution in [2.45, 2.75) is 44.0 Å². The van der Waals surface area contributed by atoms with Gasteiger partial charge >= 0.3 is 0 Å². The van der Waals surface area contributed by atoms with E-state index in [1.54, 1.807) is 22.5 Å². The highest BCUT2D eigenvalue weighted by Gasteiger charge is 2.31. The van der Waals surface area contributed by atoms with E-state index in [4.69, 9.17) is 0 Å². The maximum Gasteiger partial charge on any atom is 0.243 e. The molecular formula is C14H19N5O2S. The smallest absolute Gasteiger partial charge is 0.207 e. The Morgan fingerprint density at radius 2 is 2.09 bits per heavy atom. The summed E-state index contributed by atoms with van der Waals surface area (Å²) in [5.41, 5.74) is 1.59. The van der Waals surface area contributed by atoms with Gasteiger partial charge in [0, 0.05) is 12.6 Å². The fraction of sp³-hybridized carbons (Fsp3) is 0.500. The van der Waals surface area contributed by atoms with E-state index in [0.717, 1.165) is 30.5 Å². The van der Waals surface area contributed by atoms with Crippen LogP contribution in [0, 0.1) is 6.92 Å². The normalized spacial score (nSPS) is 20.2. The Kier molecular flexibility index (Phi) is 3.96. The first-order valence-electron chi connectivity index (χ1n) is 7.36. The molecule has 0 aliphatic carbocycles. The molecule has 7 nitrogen and oxygen atoms in total. The van der Waals surface area contributed by atoms with Crippen LogP contribution >= 0.6 is 0 Å². The highest BCUT2D eigenvalue weighted by molar-refractivity contribution is 7.89. The number of tetrazole rings is 1. The maximum atomic E-state index is 12.8. The Morgan fingerprint density at radius 1 is 1.27 bits per heavy atom. The lowest BCUT2D eigenvalue weighted by molar-refractivity contribution is 0.268. The molecule has 0 saturated carbocycles. The van der Waals surface area contributed by atoms with E-state index >= 15 is 0 Å². The molecule has 3 rings (SSSR count). The van der Waals surface area contributed by atoms with Crippen LogP contribution in [0.4, 0.5) is 0 Å². The SMILES string of the molecule is Cc1cc(S(=O)(=O)N2CCCC[C@@H]2C)ccc1-n1cnnn1. The van der Waals surface area contributed by atoms with Crippen LogP contribution < -0.4 is 0 Å². The van der Waals surface area contributed by atoms with Gasteiger partial charge in [-0.05, 0) is 60.9 Å². The fourth-order valence-corrected chi connectivity index (χ4v) is 4.67. The van der Waals surface area contributed by atoms with Crippen molar-refractivity contribution >= 4 is 10.0 Å². The molecule has 1 atom stereocenters. The summed E-state index contributed by atoms with van der Waals surface area (Å²) in [4.78, 5) is 0.329. The standard InChI is InChI=1S/C14H19N5O2S/c1-11-9-13(6-7-14(11)18-10-15-16-17-18)22(20,21)19-8-4-3-5-12(19)2/h6-7,9-10,12H,3-5,8H2,1-2H3/t12-/m0/s1. The number of aromatic nitrogens is 4. The molecule has 0 unspecified atom stereocenters. The van der Waals surface area contributed by atoms with Crippen LogP contribution in [0.5, 0.6) is 0 Å². The van der Waals surface area contributed by atoms with Crippen molar-refractivity contribution in [3.8, 4) is 5.69 Å². The van der Waals surface area contributed by atoms with Gasteiger partial charge in [0.1, 0.15) is 6.33 Å². The van der Waals surface area contributed by atoms with Crippen molar-refractivity contribution < 1.29 is 8.42 Å². The zero-order valence-electron chi connectivity index (χ0n) is 12.7. The van der Waals surface area contributed by atoms with Gasteiger partial charge in [-0.15, -0.1) is 5.10 Å². The molecule has 0 N–H and O–H groups in total. The Labute approximate surface area is 130 Å². The summed E-state index contributed by atoms with van der Waals surface area (Å²) in [6.07, 6.45) is 4.42. The van der Waals surface area contributed by atoms with E-state index in [0.29, 0.717) is 11.4 Å². The minimum absolute atomic E-state index is 0.0539. The first-order chi connectivity index (χ1) is 10.5. The van der Waals surface area contributed by atoms with Crippen molar-refractivity contribution in [3.63, 3.8) is 0 Å². The summed E-state index contributed by atoms with van der Waals surface area (Å²) >= 11 is 0. The van der Waals surface area contributed by atoms with Crippen LogP contribution in [-0.2, 0) is 10.0 Å². The van der Waals surface area contributed by atoms with Crippen molar-refractivity contribution in [3.05, 3.63) is 30.1 Å². The lowest BCUT2D eigenvalue weighted by atomic mass is 10.1. The van der Waals surface area contributed by atoms with E-state index in [9.17, 15) is 8.42 Å². The van der Waals surface area contributed by atoms with Crippen molar-refractivity contribution in [2.75, 3.05) is 6.54 Å². The van der Waals surface area contributed by atoms with E-state index in [-0.39, 0.29) is 6.04 Å². The predicted octanol–water partition coefficient (Wildman–Crippen LogP) is 1.53. The molecule has 1 aliphatic rings. The second kappa shape index (κ2) is 5.77. The second-order valence-corrected chi connectivity index (χ2v) is 7.55. The lowest BCUT2D eigenvalue weighted by Crippen LogP contribution is -2.41. The van der Waals surface area contributed by atoms with Crippen molar-refractivity contribution in [1.29, 1.82) is 0 Å². The third-order valence-electron chi connectivity index (χ3n) is 4.11. The summed E-state index contributed by atoms with van der Waals surface area (Å²) in [7, 11) is -3.45. The van der Waals surface area contributed by atoms with Gasteiger partial charge in [-0.2, -0.15) is 4.31 Å². The van der Waals surface area contributed by atoms with E-state index in [2.05, 4.69) is 15.5 Å². The number of piperidine rings is 1. The van der Waals surface area contributed by atoms with Crippen LogP contribution in [0.2, 0.25) is 0 Å². The van der Waals surface area contributed by atoms with Gasteiger partial charge < -0.3 is 0 Å². The molecule has 0 bridgehead atoms. The Hall–Kier alpha value is -1.80. The predicted molar refractivity (Wildman–Crippen MR) is 81.1 cm³/mol. The highest BCUT2D eigenvalue weighted by Crippen LogP contribution is 2.26. The van der Waals surface area contributed by atoms with Gasteiger partial charge in [0.2, 0.25) is 10.0 Å². The van der Waals surface area contributed by atoms with Gasteiger partial charge in [-0.25, -0.2) is 13.1 Å². The number of benzene rings is 1. The van der Waals surface area contributed by atoms with Gasteiger partial charge in [0.25, 0.3) is 0 Å². The Morgan fingerprint density at radius 3 is 2.73 bits per heavy atom. The first-order valence-corrected chi connectivity index (χ1v) is 8.80. The van der Waals surface area contributed by atoms with Crippen LogP contribution in [0.3, 0.4) is 0 Å². The zero-order chi connectivity index (χ0) is 15.7. The summed E-state index contributed by atoms with van der Waals surface area (Å²) < 4.78 is 28.8. The summed E-state index contributed by atoms with van der Waals surface area (Å²) in [6.45, 7) is 4.42. The molecule has 1 aromatic carbocycles. The van der Waals surface area contributed by atoms with E-state index in [1.165, 1.54) is 11.0 Å². The molecule has 118 valence electrons. The minimum Gasteiger partial charge on any atom is -0.207 e. The highest BCUT2D eigenvalue weighted by atomic mass is 32.2. The molecule has 2 aromatic rings. The third-order valence-corrected chi connectivity index (χ3v) is 6.12. The van der Waals surface area contributed by atoms with Gasteiger partial charge in [-0.3, -0.25) is 0 Å². The topological polar surface area (TPSA) is 81.0 Å². The third kappa shape index (κ3) is 2.64. The van der Waals surface area contributed by atoms with Gasteiger partial charge in [0.05, 0.1) is 10.6 Å². The van der Waals surface area contributed by atoms with Crippen LogP contribution in [-0.4, -0.2) is 45.5 Å². The van der Waals surface area contributed by atoms with Crippen LogP contribution in [0.15, 0.2) is 29.4 Å². The van der Waals surface area contributed by atoms with E-state index in [1.807, 2.05) is 13.8 Å². The molecule has 2 heterocycles. The molecule has 0 radical (unpaired) electrons. The number of sulfonamides is 1. The number of hydrogen-bond donors (Lipinski definition) is 0. The van der Waals surface area contributed by atoms with Gasteiger partial charge in [0.15, 0.2) is 0 Å². The Bertz CT molecular complexity index is 758. The monoisotopic (exact) mass is 321 g/mol. The number of aryl methyl sites for hydroxylation is 1. The largest absolute Gasteiger partial charge is 0.243 e. The lowest BCUT2D eigenvalue weighted by Gasteiger charge is -2.32. The first kappa shape index (κ1) is 15.1. The van der Waals surface area contributed by atoms with Crippen LogP contribution in [0.25, 0.3) is 5.69 Å². The average Bonchev–Trinajstić information content (AvgIpc) is 3.01. The van der Waals surface area contributed by atoms with Crippen LogP contribution in [0.1, 0.15) is 31.7 Å². The molecular weight excluding hydrogens is 302 g/mol. The number of rotatable bonds is 3. The molecule has 1 aromatic heterocycles. The molecule has 22 heavy (non-hydrogen) atoms. The molecule has 0 spiro atoms. The van der Waals surface area contributed by atoms with E-state index < -0.39 is 10.0 Å². The number of nitrogens with zero attached hydrogens (tertiary/aromatic N) is 5. The van der Waals surface area contributed by atoms with Crippen molar-refractivity contribution in [1.82, 2.24) is 24.5 Å². The Balaban J connectivity index is 1.96. The fourth-order valence-electron chi connectivity index (χ4n) is 2.88. The quantitative estimate of drug-likeness (QED) is 0.856. The number of hydrogen-bond acceptors (Lipinski definition) is 5. The summed E-state index contributed by atoms with van der Waals surface area (Å²) in [5, 5.41) is 11.0. The maximum absolute atomic E-state index is 12.8.